The number of hydrogen-bond donors (Lipinski definition) is 1. The predicted octanol–water partition coefficient (Wildman–Crippen LogP) is 3.33. The molecule has 0 saturated heterocycles. The Kier molecular flexibility index (Phi) is 5.71. The summed E-state index contributed by atoms with van der Waals surface area (Å²) in [6.45, 7) is 3.14. The third-order valence-electron chi connectivity index (χ3n) is 3.80. The van der Waals surface area contributed by atoms with Gasteiger partial charge in [-0.05, 0) is 49.7 Å². The lowest BCUT2D eigenvalue weighted by molar-refractivity contribution is -0.155. The topological polar surface area (TPSA) is 83.1 Å². The van der Waals surface area contributed by atoms with Crippen LogP contribution in [0.5, 0.6) is 17.2 Å². The Morgan fingerprint density at radius 2 is 1.96 bits per heavy atom. The number of hydrogen-bond acceptors (Lipinski definition) is 6. The molecule has 1 amide bonds. The Balaban J connectivity index is 1.48. The average Bonchev–Trinajstić information content (AvgIpc) is 3.10. The third-order valence-corrected chi connectivity index (χ3v) is 4.23. The molecule has 0 saturated carbocycles. The van der Waals surface area contributed by atoms with Crippen LogP contribution in [0.25, 0.3) is 0 Å². The molecule has 0 unspecified atom stereocenters. The standard InChI is InChI=1S/C19H18ClNO6/c1-11-7-14(4-5-15(11)20)24-9-18(22)27-12(2)19(23)21-13-3-6-16-17(8-13)26-10-25-16/h3-8,12H,9-10H2,1-2H3,(H,21,23)/t12-/m1/s1. The highest BCUT2D eigenvalue weighted by Crippen LogP contribution is 2.34. The van der Waals surface area contributed by atoms with E-state index in [0.29, 0.717) is 28.0 Å². The van der Waals surface area contributed by atoms with Crippen LogP contribution < -0.4 is 19.5 Å². The van der Waals surface area contributed by atoms with E-state index in [0.717, 1.165) is 5.56 Å². The van der Waals surface area contributed by atoms with E-state index in [1.54, 1.807) is 36.4 Å². The van der Waals surface area contributed by atoms with Crippen LogP contribution in [0.2, 0.25) is 5.02 Å². The molecule has 2 aromatic carbocycles. The van der Waals surface area contributed by atoms with Gasteiger partial charge in [-0.3, -0.25) is 4.79 Å². The Morgan fingerprint density at radius 1 is 1.19 bits per heavy atom. The lowest BCUT2D eigenvalue weighted by atomic mass is 10.2. The minimum Gasteiger partial charge on any atom is -0.482 e. The molecule has 7 nitrogen and oxygen atoms in total. The van der Waals surface area contributed by atoms with Crippen molar-refractivity contribution in [2.24, 2.45) is 0 Å². The van der Waals surface area contributed by atoms with Gasteiger partial charge >= 0.3 is 5.97 Å². The van der Waals surface area contributed by atoms with Gasteiger partial charge in [0.05, 0.1) is 0 Å². The highest BCUT2D eigenvalue weighted by Gasteiger charge is 2.20. The molecule has 1 aliphatic heterocycles. The Hall–Kier alpha value is -2.93. The number of amides is 1. The minimum atomic E-state index is -0.988. The number of fused-ring (bicyclic) bond motifs is 1. The zero-order valence-electron chi connectivity index (χ0n) is 14.8. The van der Waals surface area contributed by atoms with Crippen LogP contribution in [0.3, 0.4) is 0 Å². The van der Waals surface area contributed by atoms with E-state index >= 15 is 0 Å². The summed E-state index contributed by atoms with van der Waals surface area (Å²) < 4.78 is 20.9. The lowest BCUT2D eigenvalue weighted by Gasteiger charge is -2.14. The number of carbonyl (C=O) groups is 2. The maximum atomic E-state index is 12.2. The highest BCUT2D eigenvalue weighted by molar-refractivity contribution is 6.31. The molecule has 3 rings (SSSR count). The molecule has 1 N–H and O–H groups in total. The van der Waals surface area contributed by atoms with Crippen molar-refractivity contribution >= 4 is 29.2 Å². The Bertz CT molecular complexity index is 869. The van der Waals surface area contributed by atoms with E-state index in [1.165, 1.54) is 6.92 Å². The van der Waals surface area contributed by atoms with Gasteiger partial charge in [0, 0.05) is 16.8 Å². The first-order valence-electron chi connectivity index (χ1n) is 8.21. The summed E-state index contributed by atoms with van der Waals surface area (Å²) in [5.74, 6) is 0.526. The molecule has 8 heteroatoms. The first-order chi connectivity index (χ1) is 12.9. The van der Waals surface area contributed by atoms with Gasteiger partial charge in [-0.2, -0.15) is 0 Å². The first-order valence-corrected chi connectivity index (χ1v) is 8.59. The van der Waals surface area contributed by atoms with Gasteiger partial charge in [-0.15, -0.1) is 0 Å². The average molecular weight is 392 g/mol. The summed E-state index contributed by atoms with van der Waals surface area (Å²) in [5.41, 5.74) is 1.35. The molecule has 27 heavy (non-hydrogen) atoms. The zero-order valence-corrected chi connectivity index (χ0v) is 15.5. The third kappa shape index (κ3) is 4.83. The molecule has 0 radical (unpaired) electrons. The van der Waals surface area contributed by atoms with E-state index in [4.69, 9.17) is 30.5 Å². The number of benzene rings is 2. The van der Waals surface area contributed by atoms with Crippen LogP contribution in [-0.4, -0.2) is 31.4 Å². The van der Waals surface area contributed by atoms with E-state index < -0.39 is 18.0 Å². The van der Waals surface area contributed by atoms with E-state index in [2.05, 4.69) is 5.32 Å². The van der Waals surface area contributed by atoms with Crippen LogP contribution >= 0.6 is 11.6 Å². The van der Waals surface area contributed by atoms with Gasteiger partial charge < -0.3 is 24.3 Å². The smallest absolute Gasteiger partial charge is 0.344 e. The molecule has 1 aliphatic rings. The molecule has 0 aromatic heterocycles. The predicted molar refractivity (Wildman–Crippen MR) is 98.4 cm³/mol. The fraction of sp³-hybridized carbons (Fsp3) is 0.263. The molecule has 1 heterocycles. The maximum absolute atomic E-state index is 12.2. The molecular weight excluding hydrogens is 374 g/mol. The molecule has 142 valence electrons. The van der Waals surface area contributed by atoms with Gasteiger partial charge in [0.15, 0.2) is 24.2 Å². The molecule has 0 bridgehead atoms. The molecule has 1 atom stereocenters. The van der Waals surface area contributed by atoms with Crippen molar-refractivity contribution in [3.8, 4) is 17.2 Å². The van der Waals surface area contributed by atoms with Gasteiger partial charge in [0.2, 0.25) is 6.79 Å². The summed E-state index contributed by atoms with van der Waals surface area (Å²) in [6, 6.07) is 10.0. The number of anilines is 1. The van der Waals surface area contributed by atoms with Crippen molar-refractivity contribution in [1.29, 1.82) is 0 Å². The number of carbonyl (C=O) groups excluding carboxylic acids is 2. The quantitative estimate of drug-likeness (QED) is 0.760. The summed E-state index contributed by atoms with van der Waals surface area (Å²) in [7, 11) is 0. The fourth-order valence-corrected chi connectivity index (χ4v) is 2.47. The largest absolute Gasteiger partial charge is 0.482 e. The van der Waals surface area contributed by atoms with Crippen molar-refractivity contribution in [3.05, 3.63) is 47.0 Å². The monoisotopic (exact) mass is 391 g/mol. The van der Waals surface area contributed by atoms with E-state index in [1.807, 2.05) is 6.92 Å². The number of aryl methyl sites for hydroxylation is 1. The molecule has 0 fully saturated rings. The van der Waals surface area contributed by atoms with Crippen LogP contribution in [-0.2, 0) is 14.3 Å². The Labute approximate surface area is 161 Å². The second kappa shape index (κ2) is 8.18. The molecule has 0 aliphatic carbocycles. The van der Waals surface area contributed by atoms with Crippen LogP contribution in [0, 0.1) is 6.92 Å². The number of nitrogens with one attached hydrogen (secondary N) is 1. The van der Waals surface area contributed by atoms with Crippen LogP contribution in [0.15, 0.2) is 36.4 Å². The van der Waals surface area contributed by atoms with Crippen LogP contribution in [0.4, 0.5) is 5.69 Å². The number of halogens is 1. The maximum Gasteiger partial charge on any atom is 0.344 e. The summed E-state index contributed by atoms with van der Waals surface area (Å²) in [4.78, 5) is 24.1. The van der Waals surface area contributed by atoms with Crippen molar-refractivity contribution in [1.82, 2.24) is 0 Å². The van der Waals surface area contributed by atoms with Crippen molar-refractivity contribution in [3.63, 3.8) is 0 Å². The zero-order chi connectivity index (χ0) is 19.4. The normalized spacial score (nSPS) is 13.0. The minimum absolute atomic E-state index is 0.147. The van der Waals surface area contributed by atoms with Gasteiger partial charge in [0.1, 0.15) is 5.75 Å². The molecule has 0 spiro atoms. The van der Waals surface area contributed by atoms with Gasteiger partial charge in [0.25, 0.3) is 5.91 Å². The second-order valence-corrected chi connectivity index (χ2v) is 6.30. The van der Waals surface area contributed by atoms with Crippen molar-refractivity contribution in [2.75, 3.05) is 18.7 Å². The SMILES string of the molecule is Cc1cc(OCC(=O)O[C@H](C)C(=O)Nc2ccc3c(c2)OCO3)ccc1Cl. The Morgan fingerprint density at radius 3 is 2.74 bits per heavy atom. The van der Waals surface area contributed by atoms with E-state index in [-0.39, 0.29) is 13.4 Å². The second-order valence-electron chi connectivity index (χ2n) is 5.89. The fourth-order valence-electron chi connectivity index (χ4n) is 2.35. The summed E-state index contributed by atoms with van der Waals surface area (Å²) >= 11 is 5.94. The van der Waals surface area contributed by atoms with Gasteiger partial charge in [-0.25, -0.2) is 4.79 Å². The first kappa shape index (κ1) is 18.8. The molecular formula is C19H18ClNO6. The van der Waals surface area contributed by atoms with Crippen LogP contribution in [0.1, 0.15) is 12.5 Å². The number of ether oxygens (including phenoxy) is 4. The van der Waals surface area contributed by atoms with Gasteiger partial charge in [-0.1, -0.05) is 11.6 Å². The summed E-state index contributed by atoms with van der Waals surface area (Å²) in [5, 5.41) is 3.27. The number of rotatable bonds is 6. The number of esters is 1. The summed E-state index contributed by atoms with van der Waals surface area (Å²) in [6.07, 6.45) is -0.988. The van der Waals surface area contributed by atoms with E-state index in [9.17, 15) is 9.59 Å². The van der Waals surface area contributed by atoms with Crippen molar-refractivity contribution < 1.29 is 28.5 Å². The lowest BCUT2D eigenvalue weighted by Crippen LogP contribution is -2.31. The molecule has 2 aromatic rings. The highest BCUT2D eigenvalue weighted by atomic mass is 35.5. The van der Waals surface area contributed by atoms with Crippen molar-refractivity contribution in [2.45, 2.75) is 20.0 Å².